The molecule has 0 saturated carbocycles. The highest BCUT2D eigenvalue weighted by molar-refractivity contribution is 8.00. The van der Waals surface area contributed by atoms with Gasteiger partial charge in [0.2, 0.25) is 0 Å². The summed E-state index contributed by atoms with van der Waals surface area (Å²) in [6, 6.07) is 8.45. The number of nitrogens with zero attached hydrogens (tertiary/aromatic N) is 1. The van der Waals surface area contributed by atoms with Gasteiger partial charge in [0.25, 0.3) is 0 Å². The van der Waals surface area contributed by atoms with Crippen molar-refractivity contribution in [3.8, 4) is 5.75 Å². The van der Waals surface area contributed by atoms with Crippen molar-refractivity contribution < 1.29 is 5.11 Å². The van der Waals surface area contributed by atoms with Gasteiger partial charge in [-0.2, -0.15) is 11.8 Å². The van der Waals surface area contributed by atoms with E-state index >= 15 is 0 Å². The first-order valence-corrected chi connectivity index (χ1v) is 7.00. The summed E-state index contributed by atoms with van der Waals surface area (Å²) in [5.41, 5.74) is 1.33. The Morgan fingerprint density at radius 1 is 1.31 bits per heavy atom. The maximum atomic E-state index is 9.21. The first-order chi connectivity index (χ1) is 7.81. The van der Waals surface area contributed by atoms with Crippen LogP contribution in [0.1, 0.15) is 12.0 Å². The van der Waals surface area contributed by atoms with Gasteiger partial charge in [0.15, 0.2) is 0 Å². The normalized spacial score (nSPS) is 28.8. The summed E-state index contributed by atoms with van der Waals surface area (Å²) in [6.45, 7) is 2.46. The van der Waals surface area contributed by atoms with E-state index in [0.29, 0.717) is 5.75 Å². The first kappa shape index (κ1) is 10.5. The summed E-state index contributed by atoms with van der Waals surface area (Å²) in [6.07, 6.45) is 2.51. The molecule has 0 aromatic heterocycles. The number of fused-ring (bicyclic) bond motifs is 2. The van der Waals surface area contributed by atoms with E-state index in [9.17, 15) is 5.11 Å². The van der Waals surface area contributed by atoms with Crippen molar-refractivity contribution in [3.63, 3.8) is 0 Å². The molecule has 2 unspecified atom stereocenters. The second-order valence-electron chi connectivity index (χ2n) is 4.76. The molecule has 2 aliphatic heterocycles. The van der Waals surface area contributed by atoms with Crippen LogP contribution in [0.15, 0.2) is 24.3 Å². The summed E-state index contributed by atoms with van der Waals surface area (Å²) < 4.78 is 0. The molecule has 3 rings (SSSR count). The standard InChI is InChI=1S/C13H17NOS/c15-12-3-1-10(2-4-12)5-6-14-8-13-7-11(14)9-16-13/h1-4,11,13,15H,5-9H2. The Morgan fingerprint density at radius 3 is 2.75 bits per heavy atom. The van der Waals surface area contributed by atoms with E-state index in [1.807, 2.05) is 12.1 Å². The van der Waals surface area contributed by atoms with E-state index in [4.69, 9.17) is 0 Å². The van der Waals surface area contributed by atoms with E-state index in [1.165, 1.54) is 30.8 Å². The number of hydrogen-bond donors (Lipinski definition) is 1. The Kier molecular flexibility index (Phi) is 2.82. The molecule has 2 fully saturated rings. The molecule has 86 valence electrons. The highest BCUT2D eigenvalue weighted by Gasteiger charge is 2.37. The lowest BCUT2D eigenvalue weighted by Crippen LogP contribution is -2.35. The molecule has 2 bridgehead atoms. The SMILES string of the molecule is Oc1ccc(CCN2CC3CC2CS3)cc1. The van der Waals surface area contributed by atoms with Gasteiger partial charge in [0.05, 0.1) is 0 Å². The maximum Gasteiger partial charge on any atom is 0.115 e. The number of hydrogen-bond acceptors (Lipinski definition) is 3. The highest BCUT2D eigenvalue weighted by Crippen LogP contribution is 2.37. The average Bonchev–Trinajstić information content (AvgIpc) is 2.90. The van der Waals surface area contributed by atoms with Gasteiger partial charge in [-0.05, 0) is 30.5 Å². The summed E-state index contributed by atoms with van der Waals surface area (Å²) in [7, 11) is 0. The fourth-order valence-electron chi connectivity index (χ4n) is 2.69. The molecular formula is C13H17NOS. The number of benzene rings is 1. The Labute approximate surface area is 101 Å². The quantitative estimate of drug-likeness (QED) is 0.868. The Morgan fingerprint density at radius 2 is 2.12 bits per heavy atom. The van der Waals surface area contributed by atoms with Crippen LogP contribution < -0.4 is 0 Å². The van der Waals surface area contributed by atoms with Crippen molar-refractivity contribution in [2.75, 3.05) is 18.8 Å². The van der Waals surface area contributed by atoms with Gasteiger partial charge in [-0.25, -0.2) is 0 Å². The minimum Gasteiger partial charge on any atom is -0.508 e. The Bertz CT molecular complexity index is 365. The molecule has 2 heterocycles. The third-order valence-corrected chi connectivity index (χ3v) is 5.03. The third kappa shape index (κ3) is 2.06. The van der Waals surface area contributed by atoms with Crippen LogP contribution in [-0.4, -0.2) is 40.1 Å². The molecule has 2 atom stereocenters. The van der Waals surface area contributed by atoms with Crippen LogP contribution in [0.2, 0.25) is 0 Å². The number of aromatic hydroxyl groups is 1. The zero-order chi connectivity index (χ0) is 11.0. The lowest BCUT2D eigenvalue weighted by atomic mass is 10.1. The van der Waals surface area contributed by atoms with Crippen LogP contribution in [0.5, 0.6) is 5.75 Å². The monoisotopic (exact) mass is 235 g/mol. The van der Waals surface area contributed by atoms with Crippen molar-refractivity contribution in [1.82, 2.24) is 4.90 Å². The van der Waals surface area contributed by atoms with Crippen molar-refractivity contribution in [2.45, 2.75) is 24.1 Å². The third-order valence-electron chi connectivity index (χ3n) is 3.64. The van der Waals surface area contributed by atoms with E-state index in [2.05, 4.69) is 16.7 Å². The smallest absolute Gasteiger partial charge is 0.115 e. The van der Waals surface area contributed by atoms with Gasteiger partial charge < -0.3 is 5.11 Å². The molecule has 2 nitrogen and oxygen atoms in total. The molecule has 2 aliphatic rings. The minimum absolute atomic E-state index is 0.361. The zero-order valence-electron chi connectivity index (χ0n) is 9.30. The summed E-state index contributed by atoms with van der Waals surface area (Å²) in [5.74, 6) is 1.70. The van der Waals surface area contributed by atoms with Crippen LogP contribution in [0, 0.1) is 0 Å². The molecule has 3 heteroatoms. The lowest BCUT2D eigenvalue weighted by Gasteiger charge is -2.26. The molecule has 0 spiro atoms. The van der Waals surface area contributed by atoms with Crippen LogP contribution in [0.4, 0.5) is 0 Å². The number of phenolic OH excluding ortho intramolecular Hbond substituents is 1. The van der Waals surface area contributed by atoms with E-state index in [0.717, 1.165) is 17.7 Å². The van der Waals surface area contributed by atoms with E-state index in [1.54, 1.807) is 12.1 Å². The highest BCUT2D eigenvalue weighted by atomic mass is 32.2. The molecule has 1 aromatic rings. The van der Waals surface area contributed by atoms with Crippen molar-refractivity contribution in [1.29, 1.82) is 0 Å². The van der Waals surface area contributed by atoms with Crippen molar-refractivity contribution >= 4 is 11.8 Å². The molecule has 16 heavy (non-hydrogen) atoms. The largest absolute Gasteiger partial charge is 0.508 e. The molecule has 1 N–H and O–H groups in total. The Hall–Kier alpha value is -0.670. The maximum absolute atomic E-state index is 9.21. The predicted octanol–water partition coefficient (Wildman–Crippen LogP) is 2.12. The second kappa shape index (κ2) is 4.30. The fraction of sp³-hybridized carbons (Fsp3) is 0.538. The van der Waals surface area contributed by atoms with Crippen LogP contribution >= 0.6 is 11.8 Å². The summed E-state index contributed by atoms with van der Waals surface area (Å²) in [5, 5.41) is 10.1. The van der Waals surface area contributed by atoms with Gasteiger partial charge in [0.1, 0.15) is 5.75 Å². The molecular weight excluding hydrogens is 218 g/mol. The van der Waals surface area contributed by atoms with Gasteiger partial charge >= 0.3 is 0 Å². The average molecular weight is 235 g/mol. The van der Waals surface area contributed by atoms with Crippen molar-refractivity contribution in [3.05, 3.63) is 29.8 Å². The van der Waals surface area contributed by atoms with Gasteiger partial charge in [-0.3, -0.25) is 4.90 Å². The van der Waals surface area contributed by atoms with Gasteiger partial charge in [-0.15, -0.1) is 0 Å². The van der Waals surface area contributed by atoms with Gasteiger partial charge in [0, 0.05) is 30.1 Å². The van der Waals surface area contributed by atoms with Gasteiger partial charge in [-0.1, -0.05) is 12.1 Å². The Balaban J connectivity index is 1.55. The predicted molar refractivity (Wildman–Crippen MR) is 68.0 cm³/mol. The molecule has 0 radical (unpaired) electrons. The minimum atomic E-state index is 0.361. The first-order valence-electron chi connectivity index (χ1n) is 5.95. The lowest BCUT2D eigenvalue weighted by molar-refractivity contribution is 0.273. The van der Waals surface area contributed by atoms with Crippen molar-refractivity contribution in [2.24, 2.45) is 0 Å². The number of likely N-dealkylation sites (tertiary alicyclic amines) is 1. The summed E-state index contributed by atoms with van der Waals surface area (Å²) in [4.78, 5) is 2.63. The number of thioether (sulfide) groups is 1. The zero-order valence-corrected chi connectivity index (χ0v) is 10.1. The molecule has 1 aromatic carbocycles. The van der Waals surface area contributed by atoms with Crippen LogP contribution in [-0.2, 0) is 6.42 Å². The molecule has 2 saturated heterocycles. The van der Waals surface area contributed by atoms with E-state index in [-0.39, 0.29) is 0 Å². The summed E-state index contributed by atoms with van der Waals surface area (Å²) >= 11 is 2.14. The molecule has 0 amide bonds. The van der Waals surface area contributed by atoms with E-state index < -0.39 is 0 Å². The fourth-order valence-corrected chi connectivity index (χ4v) is 4.18. The van der Waals surface area contributed by atoms with Crippen LogP contribution in [0.3, 0.4) is 0 Å². The van der Waals surface area contributed by atoms with Crippen LogP contribution in [0.25, 0.3) is 0 Å². The molecule has 0 aliphatic carbocycles. The number of phenols is 1. The second-order valence-corrected chi connectivity index (χ2v) is 6.09. The topological polar surface area (TPSA) is 23.5 Å². The number of rotatable bonds is 3.